The summed E-state index contributed by atoms with van der Waals surface area (Å²) >= 11 is 0.737. The molecule has 3 rings (SSSR count). The number of thioether (sulfide) groups is 1. The molecule has 1 saturated heterocycles. The van der Waals surface area contributed by atoms with Crippen LogP contribution in [0.5, 0.6) is 0 Å². The quantitative estimate of drug-likeness (QED) is 0.705. The summed E-state index contributed by atoms with van der Waals surface area (Å²) in [6.07, 6.45) is 1.49. The first-order valence-electron chi connectivity index (χ1n) is 8.91. The zero-order chi connectivity index (χ0) is 20.8. The van der Waals surface area contributed by atoms with Gasteiger partial charge in [0.15, 0.2) is 0 Å². The third kappa shape index (κ3) is 5.30. The van der Waals surface area contributed by atoms with Gasteiger partial charge in [-0.05, 0) is 41.1 Å². The Hall–Kier alpha value is -2.97. The van der Waals surface area contributed by atoms with Gasteiger partial charge in [0, 0.05) is 13.1 Å². The number of aliphatic hydroxyl groups excluding tert-OH is 1. The van der Waals surface area contributed by atoms with Crippen molar-refractivity contribution < 1.29 is 23.9 Å². The Kier molecular flexibility index (Phi) is 6.79. The van der Waals surface area contributed by atoms with E-state index in [9.17, 15) is 23.9 Å². The lowest BCUT2D eigenvalue weighted by atomic mass is 10.2. The summed E-state index contributed by atoms with van der Waals surface area (Å²) in [5.41, 5.74) is 1.45. The van der Waals surface area contributed by atoms with Crippen LogP contribution < -0.4 is 0 Å². The zero-order valence-corrected chi connectivity index (χ0v) is 16.3. The van der Waals surface area contributed by atoms with E-state index in [0.29, 0.717) is 5.56 Å². The first kappa shape index (κ1) is 20.8. The molecule has 0 bridgehead atoms. The standard InChI is InChI=1S/C21H19FN2O4S/c22-17-8-6-15(7-9-17)12-18-20(27)24(21(28)29-18)14-19(26)23(10-11-25)13-16-4-2-1-3-5-16/h1-9,12,25H,10-11,13-14H2/b18-12-. The van der Waals surface area contributed by atoms with Crippen molar-refractivity contribution in [2.75, 3.05) is 19.7 Å². The van der Waals surface area contributed by atoms with Crippen LogP contribution in [0, 0.1) is 5.82 Å². The van der Waals surface area contributed by atoms with Crippen LogP contribution in [-0.2, 0) is 16.1 Å². The number of aliphatic hydroxyl groups is 1. The van der Waals surface area contributed by atoms with E-state index >= 15 is 0 Å². The van der Waals surface area contributed by atoms with Crippen molar-refractivity contribution >= 4 is 34.9 Å². The number of hydrogen-bond donors (Lipinski definition) is 1. The van der Waals surface area contributed by atoms with Crippen LogP contribution in [0.4, 0.5) is 9.18 Å². The molecule has 0 radical (unpaired) electrons. The molecule has 0 saturated carbocycles. The second kappa shape index (κ2) is 9.49. The molecule has 29 heavy (non-hydrogen) atoms. The van der Waals surface area contributed by atoms with Gasteiger partial charge in [0.25, 0.3) is 11.1 Å². The maximum Gasteiger partial charge on any atom is 0.294 e. The third-order valence-corrected chi connectivity index (χ3v) is 5.18. The van der Waals surface area contributed by atoms with Gasteiger partial charge in [0.2, 0.25) is 5.91 Å². The number of hydrogen-bond acceptors (Lipinski definition) is 5. The van der Waals surface area contributed by atoms with Crippen LogP contribution in [0.15, 0.2) is 59.5 Å². The SMILES string of the molecule is O=C(CN1C(=O)S/C(=C\c2ccc(F)cc2)C1=O)N(CCO)Cc1ccccc1. The van der Waals surface area contributed by atoms with Crippen LogP contribution >= 0.6 is 11.8 Å². The van der Waals surface area contributed by atoms with Gasteiger partial charge in [-0.3, -0.25) is 19.3 Å². The first-order chi connectivity index (χ1) is 14.0. The van der Waals surface area contributed by atoms with Gasteiger partial charge in [-0.1, -0.05) is 42.5 Å². The predicted octanol–water partition coefficient (Wildman–Crippen LogP) is 2.88. The largest absolute Gasteiger partial charge is 0.395 e. The number of nitrogens with zero attached hydrogens (tertiary/aromatic N) is 2. The van der Waals surface area contributed by atoms with Gasteiger partial charge in [0.05, 0.1) is 11.5 Å². The molecule has 1 heterocycles. The summed E-state index contributed by atoms with van der Waals surface area (Å²) in [6, 6.07) is 14.8. The highest BCUT2D eigenvalue weighted by Crippen LogP contribution is 2.32. The maximum absolute atomic E-state index is 13.0. The Balaban J connectivity index is 1.70. The second-order valence-corrected chi connectivity index (χ2v) is 7.34. The van der Waals surface area contributed by atoms with Gasteiger partial charge in [-0.25, -0.2) is 4.39 Å². The van der Waals surface area contributed by atoms with Crippen molar-refractivity contribution in [3.05, 3.63) is 76.4 Å². The normalized spacial score (nSPS) is 15.2. The fourth-order valence-electron chi connectivity index (χ4n) is 2.80. The van der Waals surface area contributed by atoms with Gasteiger partial charge in [-0.2, -0.15) is 0 Å². The van der Waals surface area contributed by atoms with E-state index in [0.717, 1.165) is 22.2 Å². The minimum atomic E-state index is -0.568. The maximum atomic E-state index is 13.0. The minimum absolute atomic E-state index is 0.0926. The van der Waals surface area contributed by atoms with E-state index < -0.39 is 29.4 Å². The Morgan fingerprint density at radius 3 is 2.45 bits per heavy atom. The molecular weight excluding hydrogens is 395 g/mol. The molecule has 0 atom stereocenters. The Morgan fingerprint density at radius 1 is 1.10 bits per heavy atom. The second-order valence-electron chi connectivity index (χ2n) is 6.34. The lowest BCUT2D eigenvalue weighted by molar-refractivity contribution is -0.136. The Bertz CT molecular complexity index is 931. The third-order valence-electron chi connectivity index (χ3n) is 4.27. The van der Waals surface area contributed by atoms with Crippen LogP contribution in [0.3, 0.4) is 0 Å². The molecule has 1 N–H and O–H groups in total. The number of imide groups is 1. The summed E-state index contributed by atoms with van der Waals surface area (Å²) in [5.74, 6) is -1.40. The number of rotatable bonds is 7. The number of benzene rings is 2. The van der Waals surface area contributed by atoms with E-state index in [-0.39, 0.29) is 24.6 Å². The fourth-order valence-corrected chi connectivity index (χ4v) is 3.64. The Labute approximate surface area is 171 Å². The van der Waals surface area contributed by atoms with Crippen LogP contribution in [-0.4, -0.2) is 51.7 Å². The first-order valence-corrected chi connectivity index (χ1v) is 9.73. The number of halogens is 1. The molecule has 3 amide bonds. The van der Waals surface area contributed by atoms with Crippen molar-refractivity contribution in [2.45, 2.75) is 6.54 Å². The lowest BCUT2D eigenvalue weighted by Crippen LogP contribution is -2.42. The predicted molar refractivity (Wildman–Crippen MR) is 108 cm³/mol. The zero-order valence-electron chi connectivity index (χ0n) is 15.5. The van der Waals surface area contributed by atoms with E-state index in [1.165, 1.54) is 35.2 Å². The molecule has 6 nitrogen and oxygen atoms in total. The van der Waals surface area contributed by atoms with Gasteiger partial charge in [-0.15, -0.1) is 0 Å². The number of amides is 3. The molecule has 0 spiro atoms. The van der Waals surface area contributed by atoms with Gasteiger partial charge >= 0.3 is 0 Å². The highest BCUT2D eigenvalue weighted by Gasteiger charge is 2.37. The summed E-state index contributed by atoms with van der Waals surface area (Å²) < 4.78 is 13.0. The Morgan fingerprint density at radius 2 is 1.79 bits per heavy atom. The molecule has 2 aromatic carbocycles. The molecule has 150 valence electrons. The van der Waals surface area contributed by atoms with Crippen LogP contribution in [0.25, 0.3) is 6.08 Å². The fraction of sp³-hybridized carbons (Fsp3) is 0.190. The summed E-state index contributed by atoms with van der Waals surface area (Å²) in [6.45, 7) is -0.277. The average Bonchev–Trinajstić information content (AvgIpc) is 2.97. The molecule has 1 fully saturated rings. The number of carbonyl (C=O) groups excluding carboxylic acids is 3. The summed E-state index contributed by atoms with van der Waals surface area (Å²) in [5, 5.41) is 8.73. The van der Waals surface area contributed by atoms with Crippen molar-refractivity contribution in [3.8, 4) is 0 Å². The summed E-state index contributed by atoms with van der Waals surface area (Å²) in [7, 11) is 0. The molecule has 8 heteroatoms. The van der Waals surface area contributed by atoms with Crippen molar-refractivity contribution in [2.24, 2.45) is 0 Å². The van der Waals surface area contributed by atoms with E-state index in [4.69, 9.17) is 0 Å². The van der Waals surface area contributed by atoms with Crippen LogP contribution in [0.1, 0.15) is 11.1 Å². The minimum Gasteiger partial charge on any atom is -0.395 e. The van der Waals surface area contributed by atoms with Crippen LogP contribution in [0.2, 0.25) is 0 Å². The van der Waals surface area contributed by atoms with Gasteiger partial charge in [0.1, 0.15) is 12.4 Å². The van der Waals surface area contributed by atoms with E-state index in [1.54, 1.807) is 0 Å². The molecule has 0 aromatic heterocycles. The molecule has 2 aromatic rings. The topological polar surface area (TPSA) is 77.9 Å². The van der Waals surface area contributed by atoms with Crippen molar-refractivity contribution in [3.63, 3.8) is 0 Å². The molecule has 1 aliphatic rings. The monoisotopic (exact) mass is 414 g/mol. The van der Waals surface area contributed by atoms with Gasteiger partial charge < -0.3 is 10.0 Å². The molecular formula is C21H19FN2O4S. The highest BCUT2D eigenvalue weighted by molar-refractivity contribution is 8.18. The average molecular weight is 414 g/mol. The lowest BCUT2D eigenvalue weighted by Gasteiger charge is -2.24. The summed E-state index contributed by atoms with van der Waals surface area (Å²) in [4.78, 5) is 40.0. The van der Waals surface area contributed by atoms with Crippen molar-refractivity contribution in [1.29, 1.82) is 0 Å². The molecule has 0 aliphatic carbocycles. The number of carbonyl (C=O) groups is 3. The van der Waals surface area contributed by atoms with Crippen molar-refractivity contribution in [1.82, 2.24) is 9.80 Å². The highest BCUT2D eigenvalue weighted by atomic mass is 32.2. The molecule has 1 aliphatic heterocycles. The smallest absolute Gasteiger partial charge is 0.294 e. The van der Waals surface area contributed by atoms with E-state index in [2.05, 4.69) is 0 Å². The van der Waals surface area contributed by atoms with E-state index in [1.807, 2.05) is 30.3 Å². The molecule has 0 unspecified atom stereocenters.